The van der Waals surface area contributed by atoms with Gasteiger partial charge >= 0.3 is 5.97 Å². The summed E-state index contributed by atoms with van der Waals surface area (Å²) in [6.07, 6.45) is 5.98. The van der Waals surface area contributed by atoms with E-state index in [1.165, 1.54) is 24.8 Å². The van der Waals surface area contributed by atoms with E-state index in [4.69, 9.17) is 9.47 Å². The number of hydrogen-bond donors (Lipinski definition) is 1. The zero-order valence-corrected chi connectivity index (χ0v) is 19.6. The number of rotatable bonds is 5. The Bertz CT molecular complexity index is 1390. The van der Waals surface area contributed by atoms with Gasteiger partial charge < -0.3 is 19.1 Å². The molecule has 0 unspecified atom stereocenters. The lowest BCUT2D eigenvalue weighted by atomic mass is 9.82. The van der Waals surface area contributed by atoms with E-state index >= 15 is 0 Å². The average Bonchev–Trinajstić information content (AvgIpc) is 3.10. The van der Waals surface area contributed by atoms with Crippen molar-refractivity contribution >= 4 is 17.0 Å². The van der Waals surface area contributed by atoms with Crippen molar-refractivity contribution in [3.05, 3.63) is 77.5 Å². The number of ether oxygens (including phenoxy) is 2. The highest BCUT2D eigenvalue weighted by Gasteiger charge is 2.30. The molecule has 2 aromatic carbocycles. The number of aromatic carboxylic acids is 1. The van der Waals surface area contributed by atoms with E-state index < -0.39 is 5.97 Å². The van der Waals surface area contributed by atoms with Crippen molar-refractivity contribution in [2.24, 2.45) is 0 Å². The molecule has 0 radical (unpaired) electrons. The summed E-state index contributed by atoms with van der Waals surface area (Å²) in [4.78, 5) is 16.3. The van der Waals surface area contributed by atoms with E-state index in [9.17, 15) is 9.90 Å². The minimum Gasteiger partial charge on any atom is -0.491 e. The summed E-state index contributed by atoms with van der Waals surface area (Å²) in [7, 11) is 0. The second-order valence-electron chi connectivity index (χ2n) is 9.40. The maximum atomic E-state index is 11.7. The van der Waals surface area contributed by atoms with Crippen molar-refractivity contribution in [1.82, 2.24) is 9.55 Å². The Morgan fingerprint density at radius 2 is 1.89 bits per heavy atom. The maximum Gasteiger partial charge on any atom is 0.354 e. The maximum absolute atomic E-state index is 11.7. The monoisotopic (exact) mass is 468 g/mol. The number of pyridine rings is 1. The topological polar surface area (TPSA) is 73.6 Å². The minimum absolute atomic E-state index is 0.0723. The highest BCUT2D eigenvalue weighted by atomic mass is 16.5. The van der Waals surface area contributed by atoms with Crippen LogP contribution in [0.1, 0.15) is 59.6 Å². The number of benzene rings is 2. The average molecular weight is 469 g/mol. The standard InChI is InChI=1S/C29H28N2O4/c32-29(33)24-14-13-23-26(20-9-5-2-6-10-20)27-22-12-11-21(35-18-19-7-3-1-4-8-19)17-25(22)34-16-15-31(27)28(23)30-24/h1,3-4,7-8,11-14,17,20H,2,5-6,9-10,15-16,18H2,(H,32,33). The van der Waals surface area contributed by atoms with Gasteiger partial charge in [0.05, 0.1) is 12.2 Å². The van der Waals surface area contributed by atoms with E-state index in [-0.39, 0.29) is 5.69 Å². The first-order valence-corrected chi connectivity index (χ1v) is 12.4. The van der Waals surface area contributed by atoms with Crippen molar-refractivity contribution < 1.29 is 19.4 Å². The van der Waals surface area contributed by atoms with Gasteiger partial charge in [-0.1, -0.05) is 49.6 Å². The normalized spacial score (nSPS) is 15.7. The SMILES string of the molecule is O=C(O)c1ccc2c(C3CCCCC3)c3n(c2n1)CCOc1cc(OCc2ccccc2)ccc1-3. The first-order valence-electron chi connectivity index (χ1n) is 12.4. The molecule has 0 bridgehead atoms. The van der Waals surface area contributed by atoms with Crippen molar-refractivity contribution in [2.75, 3.05) is 6.61 Å². The van der Waals surface area contributed by atoms with Crippen LogP contribution in [0, 0.1) is 0 Å². The van der Waals surface area contributed by atoms with Crippen LogP contribution >= 0.6 is 0 Å². The van der Waals surface area contributed by atoms with Crippen LogP contribution in [-0.4, -0.2) is 27.2 Å². The number of carbonyl (C=O) groups is 1. The fourth-order valence-electron chi connectivity index (χ4n) is 5.57. The van der Waals surface area contributed by atoms with Crippen molar-refractivity contribution in [3.8, 4) is 22.8 Å². The van der Waals surface area contributed by atoms with Gasteiger partial charge in [0.25, 0.3) is 0 Å². The van der Waals surface area contributed by atoms with Gasteiger partial charge in [0.2, 0.25) is 0 Å². The fraction of sp³-hybridized carbons (Fsp3) is 0.310. The molecule has 0 saturated heterocycles. The van der Waals surface area contributed by atoms with Crippen LogP contribution < -0.4 is 9.47 Å². The molecule has 1 aliphatic heterocycles. The summed E-state index contributed by atoms with van der Waals surface area (Å²) in [6, 6.07) is 19.8. The largest absolute Gasteiger partial charge is 0.491 e. The number of hydrogen-bond acceptors (Lipinski definition) is 4. The van der Waals surface area contributed by atoms with E-state index in [1.807, 2.05) is 48.5 Å². The first-order chi connectivity index (χ1) is 17.2. The van der Waals surface area contributed by atoms with Gasteiger partial charge in [0.1, 0.15) is 30.4 Å². The highest BCUT2D eigenvalue weighted by Crippen LogP contribution is 2.47. The highest BCUT2D eigenvalue weighted by molar-refractivity contribution is 5.95. The quantitative estimate of drug-likeness (QED) is 0.366. The number of fused-ring (bicyclic) bond motifs is 5. The van der Waals surface area contributed by atoms with Gasteiger partial charge in [-0.25, -0.2) is 9.78 Å². The molecular weight excluding hydrogens is 440 g/mol. The third-order valence-corrected chi connectivity index (χ3v) is 7.21. The molecule has 1 N–H and O–H groups in total. The number of carboxylic acid groups (broad SMARTS) is 1. The second kappa shape index (κ2) is 9.10. The molecule has 6 nitrogen and oxygen atoms in total. The van der Waals surface area contributed by atoms with Crippen LogP contribution in [0.5, 0.6) is 11.5 Å². The van der Waals surface area contributed by atoms with Crippen LogP contribution in [-0.2, 0) is 13.2 Å². The molecule has 6 rings (SSSR count). The Labute approximate surface area is 204 Å². The van der Waals surface area contributed by atoms with E-state index in [1.54, 1.807) is 6.07 Å². The predicted octanol–water partition coefficient (Wildman–Crippen LogP) is 6.42. The first kappa shape index (κ1) is 21.7. The summed E-state index contributed by atoms with van der Waals surface area (Å²) in [6.45, 7) is 1.59. The fourth-order valence-corrected chi connectivity index (χ4v) is 5.57. The Hall–Kier alpha value is -3.80. The molecule has 1 saturated carbocycles. The van der Waals surface area contributed by atoms with Gasteiger partial charge in [-0.05, 0) is 54.2 Å². The number of nitrogens with zero attached hydrogens (tertiary/aromatic N) is 2. The van der Waals surface area contributed by atoms with Crippen LogP contribution in [0.3, 0.4) is 0 Å². The van der Waals surface area contributed by atoms with Crippen LogP contribution in [0.25, 0.3) is 22.3 Å². The molecule has 35 heavy (non-hydrogen) atoms. The zero-order valence-electron chi connectivity index (χ0n) is 19.6. The van der Waals surface area contributed by atoms with Gasteiger partial charge in [0, 0.05) is 17.0 Å². The second-order valence-corrected chi connectivity index (χ2v) is 9.40. The predicted molar refractivity (Wildman–Crippen MR) is 134 cm³/mol. The molecule has 0 atom stereocenters. The third kappa shape index (κ3) is 4.03. The molecule has 1 fully saturated rings. The lowest BCUT2D eigenvalue weighted by Gasteiger charge is -2.23. The zero-order chi connectivity index (χ0) is 23.8. The molecule has 1 aliphatic carbocycles. The molecule has 3 heterocycles. The van der Waals surface area contributed by atoms with Crippen LogP contribution in [0.4, 0.5) is 0 Å². The van der Waals surface area contributed by atoms with Crippen molar-refractivity contribution in [3.63, 3.8) is 0 Å². The van der Waals surface area contributed by atoms with Gasteiger partial charge in [-0.15, -0.1) is 0 Å². The van der Waals surface area contributed by atoms with Crippen LogP contribution in [0.15, 0.2) is 60.7 Å². The molecule has 0 amide bonds. The summed E-state index contributed by atoms with van der Waals surface area (Å²) in [5.74, 6) is 0.988. The van der Waals surface area contributed by atoms with E-state index in [0.717, 1.165) is 52.2 Å². The lowest BCUT2D eigenvalue weighted by Crippen LogP contribution is -2.08. The molecule has 0 spiro atoms. The summed E-state index contributed by atoms with van der Waals surface area (Å²) < 4.78 is 14.4. The number of aromatic nitrogens is 2. The van der Waals surface area contributed by atoms with Crippen LogP contribution in [0.2, 0.25) is 0 Å². The Kier molecular flexibility index (Phi) is 5.64. The van der Waals surface area contributed by atoms with Gasteiger partial charge in [-0.3, -0.25) is 0 Å². The summed E-state index contributed by atoms with van der Waals surface area (Å²) >= 11 is 0. The Morgan fingerprint density at radius 1 is 1.06 bits per heavy atom. The molecule has 2 aromatic heterocycles. The molecule has 4 aromatic rings. The van der Waals surface area contributed by atoms with E-state index in [0.29, 0.717) is 25.7 Å². The molecular formula is C29H28N2O4. The Morgan fingerprint density at radius 3 is 2.69 bits per heavy atom. The minimum atomic E-state index is -1.01. The summed E-state index contributed by atoms with van der Waals surface area (Å²) in [5, 5.41) is 10.6. The smallest absolute Gasteiger partial charge is 0.354 e. The lowest BCUT2D eigenvalue weighted by molar-refractivity contribution is 0.0691. The van der Waals surface area contributed by atoms with Gasteiger partial charge in [0.15, 0.2) is 5.69 Å². The molecule has 6 heteroatoms. The van der Waals surface area contributed by atoms with Crippen molar-refractivity contribution in [1.29, 1.82) is 0 Å². The molecule has 178 valence electrons. The van der Waals surface area contributed by atoms with E-state index in [2.05, 4.69) is 15.6 Å². The Balaban J connectivity index is 1.46. The molecule has 2 aliphatic rings. The summed E-state index contributed by atoms with van der Waals surface area (Å²) in [5.41, 5.74) is 5.34. The number of carboxylic acids is 1. The van der Waals surface area contributed by atoms with Crippen molar-refractivity contribution in [2.45, 2.75) is 51.2 Å². The third-order valence-electron chi connectivity index (χ3n) is 7.21. The van der Waals surface area contributed by atoms with Gasteiger partial charge in [-0.2, -0.15) is 0 Å².